The molecular formula is C17H18N6OS. The Kier molecular flexibility index (Phi) is 4.60. The maximum Gasteiger partial charge on any atom is 0.230 e. The number of carbonyl (C=O) groups is 1. The lowest BCUT2D eigenvalue weighted by Gasteiger charge is -2.11. The maximum absolute atomic E-state index is 12.1. The number of amides is 1. The van der Waals surface area contributed by atoms with Crippen molar-refractivity contribution in [1.29, 1.82) is 0 Å². The van der Waals surface area contributed by atoms with E-state index in [1.807, 2.05) is 24.3 Å². The summed E-state index contributed by atoms with van der Waals surface area (Å²) in [4.78, 5) is 16.2. The van der Waals surface area contributed by atoms with Gasteiger partial charge in [0.05, 0.1) is 5.75 Å². The molecule has 7 nitrogen and oxygen atoms in total. The van der Waals surface area contributed by atoms with Crippen LogP contribution in [0, 0.1) is 0 Å². The monoisotopic (exact) mass is 354 g/mol. The van der Waals surface area contributed by atoms with E-state index >= 15 is 0 Å². The van der Waals surface area contributed by atoms with Crippen LogP contribution in [0.1, 0.15) is 25.7 Å². The molecule has 1 aliphatic rings. The van der Waals surface area contributed by atoms with Gasteiger partial charge in [0.15, 0.2) is 11.5 Å². The van der Waals surface area contributed by atoms with E-state index in [-0.39, 0.29) is 5.91 Å². The Balaban J connectivity index is 1.48. The van der Waals surface area contributed by atoms with Gasteiger partial charge in [-0.2, -0.15) is 9.61 Å². The van der Waals surface area contributed by atoms with E-state index in [9.17, 15) is 4.79 Å². The number of fused-ring (bicyclic) bond motifs is 1. The lowest BCUT2D eigenvalue weighted by atomic mass is 10.2. The number of aromatic nitrogens is 5. The van der Waals surface area contributed by atoms with Gasteiger partial charge < -0.3 is 5.32 Å². The van der Waals surface area contributed by atoms with Crippen molar-refractivity contribution in [3.05, 3.63) is 36.7 Å². The van der Waals surface area contributed by atoms with Crippen molar-refractivity contribution < 1.29 is 4.79 Å². The molecule has 0 bridgehead atoms. The highest BCUT2D eigenvalue weighted by Gasteiger charge is 2.17. The molecule has 0 aromatic carbocycles. The minimum absolute atomic E-state index is 0.0648. The van der Waals surface area contributed by atoms with Crippen LogP contribution in [-0.4, -0.2) is 42.5 Å². The summed E-state index contributed by atoms with van der Waals surface area (Å²) in [6.07, 6.45) is 8.05. The van der Waals surface area contributed by atoms with Crippen LogP contribution in [0.3, 0.4) is 0 Å². The molecule has 0 saturated heterocycles. The third-order valence-corrected chi connectivity index (χ3v) is 5.15. The number of nitrogens with one attached hydrogen (secondary N) is 1. The third kappa shape index (κ3) is 3.63. The van der Waals surface area contributed by atoms with Gasteiger partial charge in [-0.05, 0) is 37.1 Å². The first-order valence-corrected chi connectivity index (χ1v) is 9.33. The first-order valence-electron chi connectivity index (χ1n) is 8.34. The summed E-state index contributed by atoms with van der Waals surface area (Å²) in [5.41, 5.74) is 1.52. The van der Waals surface area contributed by atoms with Gasteiger partial charge in [-0.15, -0.1) is 10.2 Å². The fourth-order valence-corrected chi connectivity index (χ4v) is 3.67. The summed E-state index contributed by atoms with van der Waals surface area (Å²) in [5.74, 6) is 1.07. The van der Waals surface area contributed by atoms with E-state index in [0.29, 0.717) is 23.3 Å². The minimum Gasteiger partial charge on any atom is -0.353 e. The molecule has 4 rings (SSSR count). The number of hydrogen-bond acceptors (Lipinski definition) is 6. The Labute approximate surface area is 149 Å². The second kappa shape index (κ2) is 7.18. The zero-order chi connectivity index (χ0) is 17.1. The number of pyridine rings is 1. The van der Waals surface area contributed by atoms with Crippen LogP contribution in [0.5, 0.6) is 0 Å². The standard InChI is InChI=1S/C17H18N6OS/c24-15(19-13-5-1-2-6-13)11-25-16-8-7-14-20-21-17(23(14)22-16)12-4-3-9-18-10-12/h3-4,7-10,13H,1-2,5-6,11H2,(H,19,24). The zero-order valence-corrected chi connectivity index (χ0v) is 14.4. The van der Waals surface area contributed by atoms with Gasteiger partial charge in [-0.1, -0.05) is 24.6 Å². The molecule has 1 saturated carbocycles. The fourth-order valence-electron chi connectivity index (χ4n) is 3.00. The number of rotatable bonds is 5. The van der Waals surface area contributed by atoms with Crippen LogP contribution in [0.4, 0.5) is 0 Å². The van der Waals surface area contributed by atoms with Gasteiger partial charge in [0.1, 0.15) is 5.03 Å². The van der Waals surface area contributed by atoms with E-state index in [1.54, 1.807) is 16.9 Å². The highest BCUT2D eigenvalue weighted by Crippen LogP contribution is 2.21. The highest BCUT2D eigenvalue weighted by atomic mass is 32.2. The fraction of sp³-hybridized carbons (Fsp3) is 0.353. The van der Waals surface area contributed by atoms with E-state index in [2.05, 4.69) is 25.6 Å². The first kappa shape index (κ1) is 16.0. The van der Waals surface area contributed by atoms with Crippen LogP contribution >= 0.6 is 11.8 Å². The van der Waals surface area contributed by atoms with Crippen LogP contribution < -0.4 is 5.32 Å². The lowest BCUT2D eigenvalue weighted by molar-refractivity contribution is -0.119. The van der Waals surface area contributed by atoms with Crippen molar-refractivity contribution in [3.63, 3.8) is 0 Å². The molecular weight excluding hydrogens is 336 g/mol. The summed E-state index contributed by atoms with van der Waals surface area (Å²) >= 11 is 1.42. The van der Waals surface area contributed by atoms with Crippen LogP contribution in [-0.2, 0) is 4.79 Å². The molecule has 0 aliphatic heterocycles. The molecule has 1 amide bonds. The number of nitrogens with zero attached hydrogens (tertiary/aromatic N) is 5. The molecule has 128 valence electrons. The molecule has 1 fully saturated rings. The largest absolute Gasteiger partial charge is 0.353 e. The quantitative estimate of drug-likeness (QED) is 0.708. The number of hydrogen-bond donors (Lipinski definition) is 1. The minimum atomic E-state index is 0.0648. The Morgan fingerprint density at radius 2 is 2.12 bits per heavy atom. The summed E-state index contributed by atoms with van der Waals surface area (Å²) in [5, 5.41) is 16.7. The van der Waals surface area contributed by atoms with Crippen LogP contribution in [0.25, 0.3) is 17.0 Å². The topological polar surface area (TPSA) is 85.1 Å². The average Bonchev–Trinajstić information content (AvgIpc) is 3.30. The summed E-state index contributed by atoms with van der Waals surface area (Å²) in [6.45, 7) is 0. The van der Waals surface area contributed by atoms with Crippen LogP contribution in [0.2, 0.25) is 0 Å². The molecule has 3 aromatic heterocycles. The lowest BCUT2D eigenvalue weighted by Crippen LogP contribution is -2.33. The zero-order valence-electron chi connectivity index (χ0n) is 13.6. The smallest absolute Gasteiger partial charge is 0.230 e. The molecule has 0 atom stereocenters. The molecule has 1 N–H and O–H groups in total. The Morgan fingerprint density at radius 1 is 1.24 bits per heavy atom. The molecule has 0 spiro atoms. The van der Waals surface area contributed by atoms with Crippen molar-refractivity contribution >= 4 is 23.3 Å². The molecule has 3 heterocycles. The normalized spacial score (nSPS) is 14.9. The van der Waals surface area contributed by atoms with Crippen molar-refractivity contribution in [2.75, 3.05) is 5.75 Å². The third-order valence-electron chi connectivity index (χ3n) is 4.23. The van der Waals surface area contributed by atoms with Gasteiger partial charge >= 0.3 is 0 Å². The molecule has 25 heavy (non-hydrogen) atoms. The van der Waals surface area contributed by atoms with E-state index in [1.165, 1.54) is 24.6 Å². The first-order chi connectivity index (χ1) is 12.3. The summed E-state index contributed by atoms with van der Waals surface area (Å²) in [6, 6.07) is 7.84. The van der Waals surface area contributed by atoms with Gasteiger partial charge in [0.25, 0.3) is 0 Å². The van der Waals surface area contributed by atoms with Crippen molar-refractivity contribution in [2.45, 2.75) is 36.8 Å². The Hall–Kier alpha value is -2.48. The van der Waals surface area contributed by atoms with Crippen molar-refractivity contribution in [1.82, 2.24) is 30.1 Å². The van der Waals surface area contributed by atoms with Crippen molar-refractivity contribution in [2.24, 2.45) is 0 Å². The van der Waals surface area contributed by atoms with Gasteiger partial charge in [0.2, 0.25) is 5.91 Å². The Morgan fingerprint density at radius 3 is 2.92 bits per heavy atom. The van der Waals surface area contributed by atoms with Gasteiger partial charge in [-0.3, -0.25) is 9.78 Å². The molecule has 1 aliphatic carbocycles. The molecule has 0 unspecified atom stereocenters. The molecule has 8 heteroatoms. The van der Waals surface area contributed by atoms with E-state index in [0.717, 1.165) is 23.4 Å². The maximum atomic E-state index is 12.1. The Bertz CT molecular complexity index is 875. The molecule has 3 aromatic rings. The predicted octanol–water partition coefficient (Wildman–Crippen LogP) is 2.34. The summed E-state index contributed by atoms with van der Waals surface area (Å²) in [7, 11) is 0. The van der Waals surface area contributed by atoms with Gasteiger partial charge in [0, 0.05) is 24.0 Å². The second-order valence-electron chi connectivity index (χ2n) is 6.04. The SMILES string of the molecule is O=C(CSc1ccc2nnc(-c3cccnc3)n2n1)NC1CCCC1. The van der Waals surface area contributed by atoms with Crippen LogP contribution in [0.15, 0.2) is 41.7 Å². The molecule has 0 radical (unpaired) electrons. The number of thioether (sulfide) groups is 1. The van der Waals surface area contributed by atoms with Gasteiger partial charge in [-0.25, -0.2) is 0 Å². The highest BCUT2D eigenvalue weighted by molar-refractivity contribution is 7.99. The summed E-state index contributed by atoms with van der Waals surface area (Å²) < 4.78 is 1.69. The van der Waals surface area contributed by atoms with Crippen molar-refractivity contribution in [3.8, 4) is 11.4 Å². The predicted molar refractivity (Wildman–Crippen MR) is 95.1 cm³/mol. The average molecular weight is 354 g/mol. The number of carbonyl (C=O) groups excluding carboxylic acids is 1. The second-order valence-corrected chi connectivity index (χ2v) is 7.04. The van der Waals surface area contributed by atoms with E-state index < -0.39 is 0 Å². The van der Waals surface area contributed by atoms with E-state index in [4.69, 9.17) is 0 Å².